The van der Waals surface area contributed by atoms with E-state index in [2.05, 4.69) is 15.6 Å². The quantitative estimate of drug-likeness (QED) is 0.813. The average Bonchev–Trinajstić information content (AvgIpc) is 3.16. The first-order valence-corrected chi connectivity index (χ1v) is 8.91. The molecule has 8 heteroatoms. The molecular weight excluding hydrogens is 377 g/mol. The highest BCUT2D eigenvalue weighted by Gasteiger charge is 2.18. The first-order valence-electron chi connectivity index (χ1n) is 8.16. The molecule has 1 aliphatic heterocycles. The molecule has 0 saturated carbocycles. The van der Waals surface area contributed by atoms with Gasteiger partial charge in [-0.15, -0.1) is 0 Å². The van der Waals surface area contributed by atoms with E-state index in [0.717, 1.165) is 19.4 Å². The average molecular weight is 394 g/mol. The van der Waals surface area contributed by atoms with Crippen LogP contribution >= 0.6 is 23.2 Å². The molecule has 2 heterocycles. The molecule has 2 N–H and O–H groups in total. The Morgan fingerprint density at radius 2 is 1.96 bits per heavy atom. The van der Waals surface area contributed by atoms with Crippen LogP contribution in [0, 0.1) is 0 Å². The van der Waals surface area contributed by atoms with Crippen molar-refractivity contribution in [1.82, 2.24) is 10.3 Å². The van der Waals surface area contributed by atoms with Crippen LogP contribution in [0.25, 0.3) is 0 Å². The van der Waals surface area contributed by atoms with Gasteiger partial charge >= 0.3 is 0 Å². The Kier molecular flexibility index (Phi) is 6.08. The van der Waals surface area contributed by atoms with Crippen molar-refractivity contribution in [1.29, 1.82) is 0 Å². The van der Waals surface area contributed by atoms with Crippen molar-refractivity contribution >= 4 is 40.7 Å². The molecule has 1 unspecified atom stereocenters. The normalized spacial score (nSPS) is 16.3. The van der Waals surface area contributed by atoms with E-state index in [1.165, 1.54) is 18.3 Å². The summed E-state index contributed by atoms with van der Waals surface area (Å²) in [7, 11) is 0. The zero-order valence-electron chi connectivity index (χ0n) is 13.8. The highest BCUT2D eigenvalue weighted by Crippen LogP contribution is 2.30. The van der Waals surface area contributed by atoms with Crippen LogP contribution in [0.1, 0.15) is 33.7 Å². The summed E-state index contributed by atoms with van der Waals surface area (Å²) in [4.78, 5) is 28.7. The van der Waals surface area contributed by atoms with Crippen molar-refractivity contribution in [2.75, 3.05) is 18.5 Å². The predicted octanol–water partition coefficient (Wildman–Crippen LogP) is 3.55. The fourth-order valence-corrected chi connectivity index (χ4v) is 3.09. The van der Waals surface area contributed by atoms with Gasteiger partial charge in [-0.05, 0) is 37.1 Å². The molecule has 26 heavy (non-hydrogen) atoms. The lowest BCUT2D eigenvalue weighted by Gasteiger charge is -2.11. The number of ether oxygens (including phenoxy) is 1. The lowest BCUT2D eigenvalue weighted by molar-refractivity contribution is 0.0853. The van der Waals surface area contributed by atoms with Crippen molar-refractivity contribution in [2.24, 2.45) is 0 Å². The van der Waals surface area contributed by atoms with Crippen LogP contribution in [-0.2, 0) is 4.74 Å². The maximum Gasteiger partial charge on any atom is 0.269 e. The van der Waals surface area contributed by atoms with Crippen LogP contribution in [-0.4, -0.2) is 36.1 Å². The Morgan fingerprint density at radius 1 is 1.19 bits per heavy atom. The molecular formula is C18H17Cl2N3O3. The van der Waals surface area contributed by atoms with Crippen molar-refractivity contribution in [3.05, 3.63) is 57.8 Å². The lowest BCUT2D eigenvalue weighted by atomic mass is 10.2. The molecule has 0 spiro atoms. The Balaban J connectivity index is 1.68. The Labute approximate surface area is 160 Å². The molecule has 2 amide bonds. The van der Waals surface area contributed by atoms with Crippen LogP contribution < -0.4 is 10.6 Å². The molecule has 3 rings (SSSR count). The summed E-state index contributed by atoms with van der Waals surface area (Å²) in [6.45, 7) is 1.14. The van der Waals surface area contributed by atoms with Crippen LogP contribution in [0.2, 0.25) is 10.0 Å². The summed E-state index contributed by atoms with van der Waals surface area (Å²) in [5, 5.41) is 6.09. The van der Waals surface area contributed by atoms with E-state index in [0.29, 0.717) is 22.3 Å². The standard InChI is InChI=1S/C18H17Cl2N3O3/c19-13-4-1-5-14(20)16(13)23-17(24)11-6-7-21-15(9-11)18(25)22-10-12-3-2-8-26-12/h1,4-7,9,12H,2-3,8,10H2,(H,22,25)(H,23,24). The third-order valence-electron chi connectivity index (χ3n) is 3.97. The first kappa shape index (κ1) is 18.6. The van der Waals surface area contributed by atoms with Gasteiger partial charge in [0.05, 0.1) is 21.8 Å². The Bertz CT molecular complexity index is 803. The summed E-state index contributed by atoms with van der Waals surface area (Å²) in [6.07, 6.45) is 3.37. The highest BCUT2D eigenvalue weighted by molar-refractivity contribution is 6.40. The van der Waals surface area contributed by atoms with E-state index in [4.69, 9.17) is 27.9 Å². The van der Waals surface area contributed by atoms with E-state index in [1.54, 1.807) is 18.2 Å². The molecule has 1 aliphatic rings. The van der Waals surface area contributed by atoms with E-state index >= 15 is 0 Å². The van der Waals surface area contributed by atoms with E-state index in [9.17, 15) is 9.59 Å². The summed E-state index contributed by atoms with van der Waals surface area (Å²) in [5.74, 6) is -0.790. The predicted molar refractivity (Wildman–Crippen MR) is 100.0 cm³/mol. The molecule has 1 aromatic heterocycles. The topological polar surface area (TPSA) is 80.3 Å². The Hall–Kier alpha value is -2.15. The zero-order valence-corrected chi connectivity index (χ0v) is 15.3. The molecule has 2 aromatic rings. The van der Waals surface area contributed by atoms with Gasteiger partial charge in [-0.25, -0.2) is 0 Å². The van der Waals surface area contributed by atoms with Crippen molar-refractivity contribution < 1.29 is 14.3 Å². The number of hydrogen-bond donors (Lipinski definition) is 2. The molecule has 136 valence electrons. The van der Waals surface area contributed by atoms with Crippen LogP contribution in [0.3, 0.4) is 0 Å². The van der Waals surface area contributed by atoms with E-state index in [-0.39, 0.29) is 23.3 Å². The van der Waals surface area contributed by atoms with E-state index < -0.39 is 5.91 Å². The fraction of sp³-hybridized carbons (Fsp3) is 0.278. The Morgan fingerprint density at radius 3 is 2.65 bits per heavy atom. The van der Waals surface area contributed by atoms with E-state index in [1.807, 2.05) is 0 Å². The maximum absolute atomic E-state index is 12.5. The van der Waals surface area contributed by atoms with Gasteiger partial charge in [0.25, 0.3) is 11.8 Å². The SMILES string of the molecule is O=C(Nc1c(Cl)cccc1Cl)c1ccnc(C(=O)NCC2CCCO2)c1. The third kappa shape index (κ3) is 4.52. The van der Waals surface area contributed by atoms with Crippen LogP contribution in [0.5, 0.6) is 0 Å². The second-order valence-corrected chi connectivity index (χ2v) is 6.64. The third-order valence-corrected chi connectivity index (χ3v) is 4.60. The van der Waals surface area contributed by atoms with Crippen LogP contribution in [0.4, 0.5) is 5.69 Å². The van der Waals surface area contributed by atoms with Crippen molar-refractivity contribution in [3.8, 4) is 0 Å². The van der Waals surface area contributed by atoms with Gasteiger partial charge in [-0.3, -0.25) is 14.6 Å². The number of nitrogens with zero attached hydrogens (tertiary/aromatic N) is 1. The van der Waals surface area contributed by atoms with Crippen molar-refractivity contribution in [2.45, 2.75) is 18.9 Å². The summed E-state index contributed by atoms with van der Waals surface area (Å²) in [6, 6.07) is 7.87. The molecule has 1 aromatic carbocycles. The first-order chi connectivity index (χ1) is 12.5. The summed E-state index contributed by atoms with van der Waals surface area (Å²) in [5.41, 5.74) is 0.751. The molecule has 1 saturated heterocycles. The molecule has 0 bridgehead atoms. The summed E-state index contributed by atoms with van der Waals surface area (Å²) >= 11 is 12.1. The summed E-state index contributed by atoms with van der Waals surface area (Å²) < 4.78 is 5.47. The molecule has 1 fully saturated rings. The number of para-hydroxylation sites is 1. The number of halogens is 2. The van der Waals surface area contributed by atoms with Crippen molar-refractivity contribution in [3.63, 3.8) is 0 Å². The smallest absolute Gasteiger partial charge is 0.269 e. The van der Waals surface area contributed by atoms with Gasteiger partial charge in [0.1, 0.15) is 5.69 Å². The number of carbonyl (C=O) groups excluding carboxylic acids is 2. The minimum atomic E-state index is -0.435. The van der Waals surface area contributed by atoms with Gasteiger partial charge in [0.2, 0.25) is 0 Å². The number of carbonyl (C=O) groups is 2. The second kappa shape index (κ2) is 8.49. The minimum absolute atomic E-state index is 0.0350. The number of pyridine rings is 1. The molecule has 6 nitrogen and oxygen atoms in total. The number of anilines is 1. The van der Waals surface area contributed by atoms with Gasteiger partial charge in [0, 0.05) is 24.9 Å². The maximum atomic E-state index is 12.5. The number of aromatic nitrogens is 1. The monoisotopic (exact) mass is 393 g/mol. The largest absolute Gasteiger partial charge is 0.376 e. The number of hydrogen-bond acceptors (Lipinski definition) is 4. The lowest BCUT2D eigenvalue weighted by Crippen LogP contribution is -2.32. The molecule has 0 radical (unpaired) electrons. The number of benzene rings is 1. The highest BCUT2D eigenvalue weighted by atomic mass is 35.5. The number of amides is 2. The van der Waals surface area contributed by atoms with Gasteiger partial charge < -0.3 is 15.4 Å². The number of nitrogens with one attached hydrogen (secondary N) is 2. The number of rotatable bonds is 5. The zero-order chi connectivity index (χ0) is 18.5. The van der Waals surface area contributed by atoms with Gasteiger partial charge in [0.15, 0.2) is 0 Å². The van der Waals surface area contributed by atoms with Crippen LogP contribution in [0.15, 0.2) is 36.5 Å². The molecule has 1 atom stereocenters. The minimum Gasteiger partial charge on any atom is -0.376 e. The van der Waals surface area contributed by atoms with Gasteiger partial charge in [-0.1, -0.05) is 29.3 Å². The van der Waals surface area contributed by atoms with Gasteiger partial charge in [-0.2, -0.15) is 0 Å². The fourth-order valence-electron chi connectivity index (χ4n) is 2.60. The molecule has 0 aliphatic carbocycles. The second-order valence-electron chi connectivity index (χ2n) is 5.83.